The van der Waals surface area contributed by atoms with E-state index in [9.17, 15) is 0 Å². The Balaban J connectivity index is 0.00000225. The molecule has 2 aromatic carbocycles. The molecular weight excluding hydrogens is 429 g/mol. The second-order valence-electron chi connectivity index (χ2n) is 5.81. The topological polar surface area (TPSA) is 68.9 Å². The molecular formula is C19H24IN3O2. The van der Waals surface area contributed by atoms with Gasteiger partial charge < -0.3 is 20.5 Å². The number of halogens is 1. The van der Waals surface area contributed by atoms with Crippen molar-refractivity contribution in [2.75, 3.05) is 25.6 Å². The molecule has 2 aromatic rings. The van der Waals surface area contributed by atoms with Gasteiger partial charge in [-0.05, 0) is 24.1 Å². The molecule has 1 aliphatic heterocycles. The number of para-hydroxylation sites is 2. The third kappa shape index (κ3) is 5.09. The van der Waals surface area contributed by atoms with Crippen LogP contribution in [0, 0.1) is 0 Å². The second-order valence-corrected chi connectivity index (χ2v) is 5.81. The van der Waals surface area contributed by atoms with Gasteiger partial charge in [0.25, 0.3) is 0 Å². The molecule has 1 aliphatic rings. The molecule has 0 bridgehead atoms. The normalized spacial score (nSPS) is 16.4. The summed E-state index contributed by atoms with van der Waals surface area (Å²) in [4.78, 5) is 4.53. The molecule has 0 saturated carbocycles. The van der Waals surface area contributed by atoms with Gasteiger partial charge in [0, 0.05) is 30.8 Å². The van der Waals surface area contributed by atoms with E-state index in [1.807, 2.05) is 42.5 Å². The van der Waals surface area contributed by atoms with Crippen LogP contribution in [0.1, 0.15) is 23.5 Å². The number of benzene rings is 2. The van der Waals surface area contributed by atoms with E-state index in [0.29, 0.717) is 25.0 Å². The van der Waals surface area contributed by atoms with Crippen LogP contribution in [0.5, 0.6) is 5.75 Å². The molecule has 25 heavy (non-hydrogen) atoms. The van der Waals surface area contributed by atoms with Crippen LogP contribution in [0.25, 0.3) is 0 Å². The zero-order valence-corrected chi connectivity index (χ0v) is 16.6. The van der Waals surface area contributed by atoms with E-state index >= 15 is 0 Å². The average Bonchev–Trinajstić information content (AvgIpc) is 2.62. The monoisotopic (exact) mass is 453 g/mol. The molecule has 0 saturated heterocycles. The lowest BCUT2D eigenvalue weighted by Gasteiger charge is -2.24. The number of nitrogens with one attached hydrogen (secondary N) is 1. The molecule has 3 rings (SSSR count). The molecule has 0 aliphatic carbocycles. The number of methoxy groups -OCH3 is 1. The van der Waals surface area contributed by atoms with E-state index in [1.165, 1.54) is 5.56 Å². The van der Waals surface area contributed by atoms with Crippen molar-refractivity contribution in [3.63, 3.8) is 0 Å². The number of aliphatic imine (C=N–C) groups is 1. The Kier molecular flexibility index (Phi) is 7.52. The van der Waals surface area contributed by atoms with Crippen LogP contribution in [0.4, 0.5) is 5.69 Å². The first-order valence-electron chi connectivity index (χ1n) is 8.13. The van der Waals surface area contributed by atoms with Crippen LogP contribution in [0.3, 0.4) is 0 Å². The number of guanidine groups is 1. The van der Waals surface area contributed by atoms with Gasteiger partial charge in [-0.3, -0.25) is 4.99 Å². The molecule has 6 heteroatoms. The highest BCUT2D eigenvalue weighted by molar-refractivity contribution is 14.0. The summed E-state index contributed by atoms with van der Waals surface area (Å²) in [6, 6.07) is 16.1. The smallest absolute Gasteiger partial charge is 0.193 e. The van der Waals surface area contributed by atoms with Gasteiger partial charge in [0.05, 0.1) is 13.2 Å². The van der Waals surface area contributed by atoms with Crippen molar-refractivity contribution < 1.29 is 9.47 Å². The fourth-order valence-electron chi connectivity index (χ4n) is 2.92. The average molecular weight is 453 g/mol. The number of anilines is 1. The fourth-order valence-corrected chi connectivity index (χ4v) is 2.92. The summed E-state index contributed by atoms with van der Waals surface area (Å²) in [7, 11) is 1.68. The lowest BCUT2D eigenvalue weighted by Crippen LogP contribution is -2.25. The summed E-state index contributed by atoms with van der Waals surface area (Å²) in [5.74, 6) is 1.72. The third-order valence-corrected chi connectivity index (χ3v) is 4.14. The van der Waals surface area contributed by atoms with Crippen molar-refractivity contribution in [3.05, 3.63) is 59.7 Å². The van der Waals surface area contributed by atoms with Gasteiger partial charge in [-0.15, -0.1) is 24.0 Å². The Hall–Kier alpha value is -1.80. The van der Waals surface area contributed by atoms with E-state index in [2.05, 4.69) is 16.4 Å². The Morgan fingerprint density at radius 1 is 1.24 bits per heavy atom. The summed E-state index contributed by atoms with van der Waals surface area (Å²) < 4.78 is 10.9. The zero-order chi connectivity index (χ0) is 16.8. The molecule has 1 atom stereocenters. The Labute approximate surface area is 165 Å². The largest absolute Gasteiger partial charge is 0.493 e. The summed E-state index contributed by atoms with van der Waals surface area (Å²) in [5, 5.41) is 3.18. The molecule has 3 N–H and O–H groups in total. The van der Waals surface area contributed by atoms with Gasteiger partial charge in [-0.2, -0.15) is 0 Å². The summed E-state index contributed by atoms with van der Waals surface area (Å²) in [6.45, 7) is 1.90. The first kappa shape index (κ1) is 19.5. The minimum atomic E-state index is 0. The highest BCUT2D eigenvalue weighted by Crippen LogP contribution is 2.33. The first-order valence-corrected chi connectivity index (χ1v) is 8.13. The molecule has 0 fully saturated rings. The summed E-state index contributed by atoms with van der Waals surface area (Å²) >= 11 is 0. The quantitative estimate of drug-likeness (QED) is 0.411. The third-order valence-electron chi connectivity index (χ3n) is 4.14. The number of fused-ring (bicyclic) bond motifs is 1. The Morgan fingerprint density at radius 3 is 2.84 bits per heavy atom. The predicted octanol–water partition coefficient (Wildman–Crippen LogP) is 3.74. The number of nitrogens with two attached hydrogens (primary N) is 1. The minimum absolute atomic E-state index is 0. The van der Waals surface area contributed by atoms with Crippen molar-refractivity contribution in [1.82, 2.24) is 0 Å². The fraction of sp³-hybridized carbons (Fsp3) is 0.316. The van der Waals surface area contributed by atoms with Crippen molar-refractivity contribution >= 4 is 35.6 Å². The van der Waals surface area contributed by atoms with Crippen molar-refractivity contribution in [1.29, 1.82) is 0 Å². The van der Waals surface area contributed by atoms with Gasteiger partial charge >= 0.3 is 0 Å². The molecule has 5 nitrogen and oxygen atoms in total. The number of ether oxygens (including phenoxy) is 2. The van der Waals surface area contributed by atoms with Gasteiger partial charge in [0.1, 0.15) is 5.75 Å². The van der Waals surface area contributed by atoms with Crippen LogP contribution >= 0.6 is 24.0 Å². The maximum atomic E-state index is 6.07. The van der Waals surface area contributed by atoms with Crippen molar-refractivity contribution in [3.8, 4) is 5.75 Å². The van der Waals surface area contributed by atoms with Crippen LogP contribution in [-0.2, 0) is 11.3 Å². The highest BCUT2D eigenvalue weighted by Gasteiger charge is 2.20. The lowest BCUT2D eigenvalue weighted by molar-refractivity contribution is 0.185. The predicted molar refractivity (Wildman–Crippen MR) is 112 cm³/mol. The van der Waals surface area contributed by atoms with E-state index in [-0.39, 0.29) is 24.0 Å². The number of nitrogens with zero attached hydrogens (tertiary/aromatic N) is 1. The van der Waals surface area contributed by atoms with Crippen molar-refractivity contribution in [2.45, 2.75) is 18.9 Å². The van der Waals surface area contributed by atoms with Gasteiger partial charge in [0.15, 0.2) is 5.96 Å². The molecule has 0 radical (unpaired) electrons. The SMILES string of the molecule is COCc1ccccc1NC(N)=NCC1CCOc2ccccc21.I. The molecule has 1 heterocycles. The van der Waals surface area contributed by atoms with Crippen LogP contribution < -0.4 is 15.8 Å². The van der Waals surface area contributed by atoms with Crippen molar-refractivity contribution in [2.24, 2.45) is 10.7 Å². The van der Waals surface area contributed by atoms with Gasteiger partial charge in [0.2, 0.25) is 0 Å². The minimum Gasteiger partial charge on any atom is -0.493 e. The Bertz CT molecular complexity index is 721. The van der Waals surface area contributed by atoms with E-state index in [1.54, 1.807) is 7.11 Å². The van der Waals surface area contributed by atoms with Crippen LogP contribution in [0.15, 0.2) is 53.5 Å². The highest BCUT2D eigenvalue weighted by atomic mass is 127. The molecule has 134 valence electrons. The molecule has 0 amide bonds. The van der Waals surface area contributed by atoms with Gasteiger partial charge in [-0.1, -0.05) is 36.4 Å². The van der Waals surface area contributed by atoms with Gasteiger partial charge in [-0.25, -0.2) is 0 Å². The summed E-state index contributed by atoms with van der Waals surface area (Å²) in [5.41, 5.74) is 9.26. The maximum absolute atomic E-state index is 6.07. The molecule has 1 unspecified atom stereocenters. The first-order chi connectivity index (χ1) is 11.8. The maximum Gasteiger partial charge on any atom is 0.193 e. The van der Waals surface area contributed by atoms with E-state index < -0.39 is 0 Å². The number of rotatable bonds is 5. The molecule has 0 aromatic heterocycles. The zero-order valence-electron chi connectivity index (χ0n) is 14.3. The van der Waals surface area contributed by atoms with E-state index in [4.69, 9.17) is 15.2 Å². The number of hydrogen-bond acceptors (Lipinski definition) is 3. The number of hydrogen-bond donors (Lipinski definition) is 2. The Morgan fingerprint density at radius 2 is 2.00 bits per heavy atom. The standard InChI is InChI=1S/C19H23N3O2.HI/c1-23-13-15-6-2-4-8-17(15)22-19(20)21-12-14-10-11-24-18-9-5-3-7-16(14)18;/h2-9,14H,10-13H2,1H3,(H3,20,21,22);1H. The van der Waals surface area contributed by atoms with Crippen LogP contribution in [0.2, 0.25) is 0 Å². The second kappa shape index (κ2) is 9.62. The molecule has 0 spiro atoms. The van der Waals surface area contributed by atoms with Crippen LogP contribution in [-0.4, -0.2) is 26.2 Å². The summed E-state index contributed by atoms with van der Waals surface area (Å²) in [6.07, 6.45) is 0.952. The van der Waals surface area contributed by atoms with E-state index in [0.717, 1.165) is 30.0 Å². The lowest BCUT2D eigenvalue weighted by atomic mass is 9.93.